The van der Waals surface area contributed by atoms with Crippen molar-refractivity contribution in [2.75, 3.05) is 0 Å². The number of carboxylic acids is 1. The second-order valence-corrected chi connectivity index (χ2v) is 5.09. The van der Waals surface area contributed by atoms with E-state index in [1.807, 2.05) is 0 Å². The first-order valence-corrected chi connectivity index (χ1v) is 6.05. The number of hydrogen-bond donors (Lipinski definition) is 1. The van der Waals surface area contributed by atoms with Crippen molar-refractivity contribution in [1.82, 2.24) is 0 Å². The highest BCUT2D eigenvalue weighted by Crippen LogP contribution is 2.51. The van der Waals surface area contributed by atoms with Crippen LogP contribution in [0.2, 0.25) is 0 Å². The molecule has 2 unspecified atom stereocenters. The Kier molecular flexibility index (Phi) is 3.13. The van der Waals surface area contributed by atoms with Crippen LogP contribution in [0.15, 0.2) is 30.3 Å². The zero-order valence-electron chi connectivity index (χ0n) is 9.33. The molecule has 0 bridgehead atoms. The number of rotatable bonds is 2. The van der Waals surface area contributed by atoms with Gasteiger partial charge in [-0.2, -0.15) is 0 Å². The predicted octanol–water partition coefficient (Wildman–Crippen LogP) is 3.49. The fourth-order valence-corrected chi connectivity index (χ4v) is 3.02. The Hall–Kier alpha value is -1.09. The van der Waals surface area contributed by atoms with Crippen molar-refractivity contribution in [1.29, 1.82) is 0 Å². The van der Waals surface area contributed by atoms with Gasteiger partial charge in [0.25, 0.3) is 0 Å². The van der Waals surface area contributed by atoms with Crippen LogP contribution in [0.25, 0.3) is 0 Å². The van der Waals surface area contributed by atoms with Gasteiger partial charge < -0.3 is 5.11 Å². The molecular weight excluding hydrogens is 243 g/mol. The van der Waals surface area contributed by atoms with Gasteiger partial charge in [-0.15, -0.1) is 0 Å². The monoisotopic (exact) mass is 256 g/mol. The minimum absolute atomic E-state index is 0.0791. The second-order valence-electron chi connectivity index (χ2n) is 4.49. The maximum Gasteiger partial charge on any atom is 0.318 e. The van der Waals surface area contributed by atoms with Gasteiger partial charge in [0, 0.05) is 0 Å². The van der Waals surface area contributed by atoms with Gasteiger partial charge in [-0.25, -0.2) is 4.39 Å². The third-order valence-corrected chi connectivity index (χ3v) is 4.06. The number of carbonyl (C=O) groups is 1. The number of hydrogen-bond acceptors (Lipinski definition) is 1. The Balaban J connectivity index is 2.56. The molecule has 0 heterocycles. The van der Waals surface area contributed by atoms with Crippen LogP contribution in [-0.2, 0) is 10.2 Å². The van der Waals surface area contributed by atoms with Crippen LogP contribution in [0.3, 0.4) is 0 Å². The number of halogens is 2. The first-order valence-electron chi connectivity index (χ1n) is 5.67. The van der Waals surface area contributed by atoms with E-state index in [4.69, 9.17) is 11.6 Å². The summed E-state index contributed by atoms with van der Waals surface area (Å²) in [7, 11) is 0. The first kappa shape index (κ1) is 12.4. The fraction of sp³-hybridized carbons (Fsp3) is 0.462. The number of aliphatic carboxylic acids is 1. The lowest BCUT2D eigenvalue weighted by Gasteiger charge is -2.42. The molecule has 0 aliphatic heterocycles. The fourth-order valence-electron chi connectivity index (χ4n) is 2.60. The van der Waals surface area contributed by atoms with E-state index in [1.165, 1.54) is 0 Å². The minimum atomic E-state index is -2.21. The Morgan fingerprint density at radius 2 is 1.82 bits per heavy atom. The minimum Gasteiger partial charge on any atom is -0.480 e. The van der Waals surface area contributed by atoms with E-state index in [0.717, 1.165) is 0 Å². The van der Waals surface area contributed by atoms with Crippen molar-refractivity contribution in [3.05, 3.63) is 35.9 Å². The van der Waals surface area contributed by atoms with Crippen LogP contribution >= 0.6 is 11.6 Å². The van der Waals surface area contributed by atoms with Crippen LogP contribution in [0.5, 0.6) is 0 Å². The van der Waals surface area contributed by atoms with Crippen molar-refractivity contribution >= 4 is 17.6 Å². The molecule has 1 N–H and O–H groups in total. The normalized spacial score (nSPS) is 33.3. The summed E-state index contributed by atoms with van der Waals surface area (Å²) in [5.74, 6) is -1.18. The second kappa shape index (κ2) is 4.30. The quantitative estimate of drug-likeness (QED) is 0.823. The molecule has 1 saturated carbocycles. The van der Waals surface area contributed by atoms with Gasteiger partial charge in [0.2, 0.25) is 5.13 Å². The molecule has 2 nitrogen and oxygen atoms in total. The highest BCUT2D eigenvalue weighted by Gasteiger charge is 2.59. The molecule has 0 spiro atoms. The maximum absolute atomic E-state index is 14.5. The van der Waals surface area contributed by atoms with Crippen molar-refractivity contribution in [3.8, 4) is 0 Å². The first-order chi connectivity index (χ1) is 8.01. The van der Waals surface area contributed by atoms with E-state index < -0.39 is 16.5 Å². The van der Waals surface area contributed by atoms with Gasteiger partial charge in [-0.3, -0.25) is 4.79 Å². The van der Waals surface area contributed by atoms with Crippen LogP contribution in [0.4, 0.5) is 4.39 Å². The smallest absolute Gasteiger partial charge is 0.318 e. The molecular formula is C13H14ClFO2. The molecule has 0 radical (unpaired) electrons. The Labute approximate surface area is 104 Å². The zero-order chi connectivity index (χ0) is 12.5. The van der Waals surface area contributed by atoms with Gasteiger partial charge in [0.15, 0.2) is 0 Å². The average Bonchev–Trinajstić information content (AvgIpc) is 2.29. The summed E-state index contributed by atoms with van der Waals surface area (Å²) < 4.78 is 14.5. The molecule has 1 aliphatic carbocycles. The molecule has 1 aromatic rings. The topological polar surface area (TPSA) is 37.3 Å². The SMILES string of the molecule is O=C(O)C1(c2ccccc2)CCCCC1(F)Cl. The van der Waals surface area contributed by atoms with E-state index in [1.54, 1.807) is 30.3 Å². The third-order valence-electron chi connectivity index (χ3n) is 3.55. The third kappa shape index (κ3) is 1.82. The summed E-state index contributed by atoms with van der Waals surface area (Å²) >= 11 is 5.88. The van der Waals surface area contributed by atoms with Crippen molar-refractivity contribution in [3.63, 3.8) is 0 Å². The predicted molar refractivity (Wildman–Crippen MR) is 63.9 cm³/mol. The lowest BCUT2D eigenvalue weighted by molar-refractivity contribution is -0.150. The molecule has 1 aromatic carbocycles. The van der Waals surface area contributed by atoms with E-state index in [0.29, 0.717) is 18.4 Å². The number of benzene rings is 1. The van der Waals surface area contributed by atoms with Crippen LogP contribution in [-0.4, -0.2) is 16.2 Å². The zero-order valence-corrected chi connectivity index (χ0v) is 10.1. The van der Waals surface area contributed by atoms with Gasteiger partial charge in [0.05, 0.1) is 0 Å². The molecule has 17 heavy (non-hydrogen) atoms. The lowest BCUT2D eigenvalue weighted by Crippen LogP contribution is -2.52. The van der Waals surface area contributed by atoms with Gasteiger partial charge >= 0.3 is 5.97 Å². The van der Waals surface area contributed by atoms with Crippen molar-refractivity contribution < 1.29 is 14.3 Å². The lowest BCUT2D eigenvalue weighted by atomic mass is 9.67. The summed E-state index contributed by atoms with van der Waals surface area (Å²) in [6.45, 7) is 0. The van der Waals surface area contributed by atoms with E-state index in [2.05, 4.69) is 0 Å². The van der Waals surface area contributed by atoms with Gasteiger partial charge in [-0.05, 0) is 24.8 Å². The highest BCUT2D eigenvalue weighted by molar-refractivity contribution is 6.25. The number of alkyl halides is 2. The van der Waals surface area contributed by atoms with E-state index in [9.17, 15) is 14.3 Å². The number of carboxylic acid groups (broad SMARTS) is 1. The van der Waals surface area contributed by atoms with Crippen LogP contribution in [0.1, 0.15) is 31.2 Å². The molecule has 0 amide bonds. The molecule has 2 rings (SSSR count). The standard InChI is InChI=1S/C13H14ClFO2/c14-13(15)9-5-4-8-12(13,11(16)17)10-6-2-1-3-7-10/h1-3,6-7H,4-5,8-9H2,(H,16,17). The largest absolute Gasteiger partial charge is 0.480 e. The maximum atomic E-state index is 14.5. The van der Waals surface area contributed by atoms with Gasteiger partial charge in [-0.1, -0.05) is 48.4 Å². The van der Waals surface area contributed by atoms with Crippen molar-refractivity contribution in [2.24, 2.45) is 0 Å². The van der Waals surface area contributed by atoms with Crippen LogP contribution in [0, 0.1) is 0 Å². The molecule has 0 aromatic heterocycles. The molecule has 1 aliphatic rings. The summed E-state index contributed by atoms with van der Waals surface area (Å²) in [6, 6.07) is 8.46. The highest BCUT2D eigenvalue weighted by atomic mass is 35.5. The summed E-state index contributed by atoms with van der Waals surface area (Å²) in [5.41, 5.74) is -1.17. The van der Waals surface area contributed by atoms with E-state index in [-0.39, 0.29) is 12.8 Å². The molecule has 2 atom stereocenters. The molecule has 4 heteroatoms. The molecule has 92 valence electrons. The Morgan fingerprint density at radius 3 is 2.35 bits per heavy atom. The Morgan fingerprint density at radius 1 is 1.24 bits per heavy atom. The summed E-state index contributed by atoms with van der Waals surface area (Å²) in [5, 5.41) is 7.24. The van der Waals surface area contributed by atoms with Crippen molar-refractivity contribution in [2.45, 2.75) is 36.2 Å². The van der Waals surface area contributed by atoms with Gasteiger partial charge in [0.1, 0.15) is 5.41 Å². The van der Waals surface area contributed by atoms with E-state index >= 15 is 0 Å². The Bertz CT molecular complexity index is 419. The molecule has 1 fully saturated rings. The summed E-state index contributed by atoms with van der Waals surface area (Å²) in [4.78, 5) is 11.6. The average molecular weight is 257 g/mol. The van der Waals surface area contributed by atoms with Crippen LogP contribution < -0.4 is 0 Å². The summed E-state index contributed by atoms with van der Waals surface area (Å²) in [6.07, 6.45) is 1.63. The molecule has 0 saturated heterocycles.